The number of rotatable bonds is 8. The van der Waals surface area contributed by atoms with Crippen molar-refractivity contribution >= 4 is 11.8 Å². The number of hydrogen-bond donors (Lipinski definition) is 0. The largest absolute Gasteiger partial charge is 0.493 e. The first-order valence-electron chi connectivity index (χ1n) is 8.61. The predicted molar refractivity (Wildman–Crippen MR) is 109 cm³/mol. The lowest BCUT2D eigenvalue weighted by Gasteiger charge is -2.11. The summed E-state index contributed by atoms with van der Waals surface area (Å²) in [6, 6.07) is 14.3. The standard InChI is InChI=1S/C21H23N3O2S/c1-5-12-24-20(17-10-11-18(25-3)19(13-17)26-4)22-23-21(24)27-14-16-8-6-15(2)7-9-16/h5-11,13H,1,12,14H2,2-4H3. The molecule has 0 aliphatic carbocycles. The van der Waals surface area contributed by atoms with Gasteiger partial charge in [0.05, 0.1) is 14.2 Å². The minimum atomic E-state index is 0.632. The molecule has 6 heteroatoms. The van der Waals surface area contributed by atoms with Crippen LogP contribution < -0.4 is 9.47 Å². The van der Waals surface area contributed by atoms with E-state index >= 15 is 0 Å². The Morgan fingerprint density at radius 1 is 1.04 bits per heavy atom. The van der Waals surface area contributed by atoms with E-state index in [0.717, 1.165) is 22.3 Å². The zero-order valence-corrected chi connectivity index (χ0v) is 16.6. The second kappa shape index (κ2) is 8.77. The Balaban J connectivity index is 1.88. The quantitative estimate of drug-likeness (QED) is 0.416. The molecule has 3 rings (SSSR count). The third-order valence-corrected chi connectivity index (χ3v) is 5.20. The molecule has 0 saturated carbocycles. The van der Waals surface area contributed by atoms with E-state index in [4.69, 9.17) is 9.47 Å². The van der Waals surface area contributed by atoms with Crippen molar-refractivity contribution in [3.05, 3.63) is 66.2 Å². The molecule has 27 heavy (non-hydrogen) atoms. The van der Waals surface area contributed by atoms with Crippen LogP contribution in [0.4, 0.5) is 0 Å². The first-order chi connectivity index (χ1) is 13.2. The molecule has 1 heterocycles. The van der Waals surface area contributed by atoms with Crippen LogP contribution in [0.5, 0.6) is 11.5 Å². The van der Waals surface area contributed by atoms with Crippen LogP contribution in [0, 0.1) is 6.92 Å². The average Bonchev–Trinajstić information content (AvgIpc) is 3.10. The molecule has 140 valence electrons. The topological polar surface area (TPSA) is 49.2 Å². The van der Waals surface area contributed by atoms with E-state index in [-0.39, 0.29) is 0 Å². The van der Waals surface area contributed by atoms with Gasteiger partial charge in [-0.25, -0.2) is 0 Å². The Kier molecular flexibility index (Phi) is 6.19. The number of nitrogens with zero attached hydrogens (tertiary/aromatic N) is 3. The number of aryl methyl sites for hydroxylation is 1. The van der Waals surface area contributed by atoms with E-state index < -0.39 is 0 Å². The van der Waals surface area contributed by atoms with Gasteiger partial charge in [0.25, 0.3) is 0 Å². The molecule has 0 radical (unpaired) electrons. The van der Waals surface area contributed by atoms with Crippen LogP contribution in [0.25, 0.3) is 11.4 Å². The molecule has 0 unspecified atom stereocenters. The van der Waals surface area contributed by atoms with Gasteiger partial charge in [-0.3, -0.25) is 4.57 Å². The lowest BCUT2D eigenvalue weighted by molar-refractivity contribution is 0.355. The number of aromatic nitrogens is 3. The fourth-order valence-corrected chi connectivity index (χ4v) is 3.61. The summed E-state index contributed by atoms with van der Waals surface area (Å²) in [5, 5.41) is 9.67. The highest BCUT2D eigenvalue weighted by atomic mass is 32.2. The normalized spacial score (nSPS) is 10.6. The highest BCUT2D eigenvalue weighted by molar-refractivity contribution is 7.98. The zero-order valence-electron chi connectivity index (χ0n) is 15.8. The number of methoxy groups -OCH3 is 2. The van der Waals surface area contributed by atoms with Crippen molar-refractivity contribution in [2.24, 2.45) is 0 Å². The number of ether oxygens (including phenoxy) is 2. The molecule has 0 N–H and O–H groups in total. The van der Waals surface area contributed by atoms with Crippen LogP contribution in [-0.4, -0.2) is 29.0 Å². The molecule has 0 saturated heterocycles. The maximum atomic E-state index is 5.41. The summed E-state index contributed by atoms with van der Waals surface area (Å²) in [5.74, 6) is 2.96. The van der Waals surface area contributed by atoms with Crippen LogP contribution in [-0.2, 0) is 12.3 Å². The zero-order chi connectivity index (χ0) is 19.2. The molecule has 1 aromatic heterocycles. The summed E-state index contributed by atoms with van der Waals surface area (Å²) >= 11 is 1.66. The van der Waals surface area contributed by atoms with E-state index in [2.05, 4.69) is 52.5 Å². The minimum Gasteiger partial charge on any atom is -0.493 e. The molecule has 3 aromatic rings. The van der Waals surface area contributed by atoms with E-state index in [0.29, 0.717) is 18.0 Å². The smallest absolute Gasteiger partial charge is 0.192 e. The molecule has 5 nitrogen and oxygen atoms in total. The summed E-state index contributed by atoms with van der Waals surface area (Å²) in [6.45, 7) is 6.59. The lowest BCUT2D eigenvalue weighted by Crippen LogP contribution is -2.01. The van der Waals surface area contributed by atoms with Gasteiger partial charge in [-0.2, -0.15) is 0 Å². The maximum Gasteiger partial charge on any atom is 0.192 e. The first kappa shape index (κ1) is 19.0. The predicted octanol–water partition coefficient (Wildman–Crippen LogP) is 4.75. The van der Waals surface area contributed by atoms with Crippen molar-refractivity contribution in [1.82, 2.24) is 14.8 Å². The number of hydrogen-bond acceptors (Lipinski definition) is 5. The highest BCUT2D eigenvalue weighted by Gasteiger charge is 2.15. The van der Waals surface area contributed by atoms with Crippen LogP contribution in [0.3, 0.4) is 0 Å². The van der Waals surface area contributed by atoms with Gasteiger partial charge in [-0.05, 0) is 30.7 Å². The van der Waals surface area contributed by atoms with Crippen molar-refractivity contribution in [2.75, 3.05) is 14.2 Å². The summed E-state index contributed by atoms with van der Waals surface area (Å²) in [6.07, 6.45) is 1.85. The Morgan fingerprint density at radius 3 is 2.44 bits per heavy atom. The van der Waals surface area contributed by atoms with E-state index in [1.807, 2.05) is 24.3 Å². The van der Waals surface area contributed by atoms with Gasteiger partial charge >= 0.3 is 0 Å². The first-order valence-corrected chi connectivity index (χ1v) is 9.59. The summed E-state index contributed by atoms with van der Waals surface area (Å²) in [4.78, 5) is 0. The van der Waals surface area contributed by atoms with E-state index in [1.54, 1.807) is 26.0 Å². The third-order valence-electron chi connectivity index (χ3n) is 4.16. The second-order valence-corrected chi connectivity index (χ2v) is 6.99. The van der Waals surface area contributed by atoms with E-state index in [9.17, 15) is 0 Å². The minimum absolute atomic E-state index is 0.632. The second-order valence-electron chi connectivity index (χ2n) is 6.05. The van der Waals surface area contributed by atoms with Gasteiger partial charge in [0.1, 0.15) is 0 Å². The van der Waals surface area contributed by atoms with Crippen molar-refractivity contribution in [3.8, 4) is 22.9 Å². The SMILES string of the molecule is C=CCn1c(SCc2ccc(C)cc2)nnc1-c1ccc(OC)c(OC)c1. The van der Waals surface area contributed by atoms with Crippen LogP contribution >= 0.6 is 11.8 Å². The number of benzene rings is 2. The average molecular weight is 382 g/mol. The monoisotopic (exact) mass is 381 g/mol. The molecule has 0 fully saturated rings. The molecule has 0 aliphatic heterocycles. The van der Waals surface area contributed by atoms with Crippen LogP contribution in [0.1, 0.15) is 11.1 Å². The van der Waals surface area contributed by atoms with Crippen molar-refractivity contribution in [1.29, 1.82) is 0 Å². The Labute approximate surface area is 164 Å². The summed E-state index contributed by atoms with van der Waals surface area (Å²) < 4.78 is 12.8. The lowest BCUT2D eigenvalue weighted by atomic mass is 10.2. The van der Waals surface area contributed by atoms with Gasteiger partial charge in [0.2, 0.25) is 0 Å². The Morgan fingerprint density at radius 2 is 1.78 bits per heavy atom. The van der Waals surface area contributed by atoms with Crippen molar-refractivity contribution in [3.63, 3.8) is 0 Å². The van der Waals surface area contributed by atoms with Crippen molar-refractivity contribution < 1.29 is 9.47 Å². The molecule has 0 bridgehead atoms. The van der Waals surface area contributed by atoms with Gasteiger partial charge < -0.3 is 9.47 Å². The van der Waals surface area contributed by atoms with Gasteiger partial charge in [-0.15, -0.1) is 16.8 Å². The van der Waals surface area contributed by atoms with Crippen LogP contribution in [0.2, 0.25) is 0 Å². The molecule has 0 atom stereocenters. The molecular weight excluding hydrogens is 358 g/mol. The Hall–Kier alpha value is -2.73. The third kappa shape index (κ3) is 4.34. The van der Waals surface area contributed by atoms with Gasteiger partial charge in [-0.1, -0.05) is 47.7 Å². The number of thioether (sulfide) groups is 1. The summed E-state index contributed by atoms with van der Waals surface area (Å²) in [5.41, 5.74) is 3.44. The highest BCUT2D eigenvalue weighted by Crippen LogP contribution is 2.33. The molecule has 0 amide bonds. The fourth-order valence-electron chi connectivity index (χ4n) is 2.71. The number of allylic oxidation sites excluding steroid dienone is 1. The molecule has 0 aliphatic rings. The van der Waals surface area contributed by atoms with Crippen molar-refractivity contribution in [2.45, 2.75) is 24.4 Å². The molecule has 2 aromatic carbocycles. The molecular formula is C21H23N3O2S. The fraction of sp³-hybridized carbons (Fsp3) is 0.238. The summed E-state index contributed by atoms with van der Waals surface area (Å²) in [7, 11) is 3.25. The van der Waals surface area contributed by atoms with Gasteiger partial charge in [0.15, 0.2) is 22.5 Å². The van der Waals surface area contributed by atoms with E-state index in [1.165, 1.54) is 11.1 Å². The van der Waals surface area contributed by atoms with Crippen LogP contribution in [0.15, 0.2) is 60.3 Å². The van der Waals surface area contributed by atoms with Gasteiger partial charge in [0, 0.05) is 17.9 Å². The maximum absolute atomic E-state index is 5.41. The Bertz CT molecular complexity index is 920. The molecule has 0 spiro atoms.